The Kier molecular flexibility index (Phi) is 5.63. The monoisotopic (exact) mass is 402 g/mol. The van der Waals surface area contributed by atoms with E-state index in [1.807, 2.05) is 29.2 Å². The van der Waals surface area contributed by atoms with E-state index in [9.17, 15) is 4.79 Å². The van der Waals surface area contributed by atoms with Crippen molar-refractivity contribution in [2.75, 3.05) is 37.7 Å². The molecule has 1 aliphatic heterocycles. The number of carbonyl (C=O) groups excluding carboxylic acids is 1. The topological polar surface area (TPSA) is 32.8 Å². The van der Waals surface area contributed by atoms with Gasteiger partial charge in [0.15, 0.2) is 6.61 Å². The van der Waals surface area contributed by atoms with E-state index in [1.165, 1.54) is 16.8 Å². The van der Waals surface area contributed by atoms with Gasteiger partial charge < -0.3 is 14.5 Å². The number of amides is 1. The lowest BCUT2D eigenvalue weighted by Crippen LogP contribution is -2.50. The molecular formula is C20H23BrN2O2. The number of hydrogen-bond acceptors (Lipinski definition) is 3. The second kappa shape index (κ2) is 7.91. The molecule has 0 N–H and O–H groups in total. The standard InChI is InChI=1S/C20H23BrN2O2/c1-15-5-3-8-19(16(15)2)22-9-11-23(12-10-22)20(24)14-25-18-7-4-6-17(21)13-18/h3-8,13H,9-12,14H2,1-2H3. The number of rotatable bonds is 4. The fraction of sp³-hybridized carbons (Fsp3) is 0.350. The lowest BCUT2D eigenvalue weighted by Gasteiger charge is -2.37. The van der Waals surface area contributed by atoms with Gasteiger partial charge in [0.1, 0.15) is 5.75 Å². The highest BCUT2D eigenvalue weighted by Crippen LogP contribution is 2.24. The lowest BCUT2D eigenvalue weighted by atomic mass is 10.1. The molecule has 132 valence electrons. The fourth-order valence-corrected chi connectivity index (χ4v) is 3.45. The number of halogens is 1. The molecule has 1 amide bonds. The Balaban J connectivity index is 1.53. The first-order valence-corrected chi connectivity index (χ1v) is 9.31. The first kappa shape index (κ1) is 17.8. The summed E-state index contributed by atoms with van der Waals surface area (Å²) in [5, 5.41) is 0. The van der Waals surface area contributed by atoms with Gasteiger partial charge in [0.05, 0.1) is 0 Å². The number of hydrogen-bond donors (Lipinski definition) is 0. The minimum atomic E-state index is 0.0422. The van der Waals surface area contributed by atoms with E-state index in [2.05, 4.69) is 52.9 Å². The predicted octanol–water partition coefficient (Wildman–Crippen LogP) is 3.79. The van der Waals surface area contributed by atoms with E-state index in [-0.39, 0.29) is 12.5 Å². The van der Waals surface area contributed by atoms with Gasteiger partial charge >= 0.3 is 0 Å². The molecule has 1 aliphatic rings. The van der Waals surface area contributed by atoms with Gasteiger partial charge in [-0.05, 0) is 49.2 Å². The van der Waals surface area contributed by atoms with E-state index in [0.29, 0.717) is 5.75 Å². The summed E-state index contributed by atoms with van der Waals surface area (Å²) in [6.45, 7) is 7.55. The Hall–Kier alpha value is -2.01. The molecule has 0 saturated carbocycles. The molecule has 25 heavy (non-hydrogen) atoms. The van der Waals surface area contributed by atoms with Crippen LogP contribution in [-0.4, -0.2) is 43.6 Å². The molecule has 5 heteroatoms. The summed E-state index contributed by atoms with van der Waals surface area (Å²) < 4.78 is 6.56. The van der Waals surface area contributed by atoms with Crippen molar-refractivity contribution < 1.29 is 9.53 Å². The molecule has 1 saturated heterocycles. The Bertz CT molecular complexity index is 755. The number of aryl methyl sites for hydroxylation is 1. The molecule has 0 unspecified atom stereocenters. The van der Waals surface area contributed by atoms with Gasteiger partial charge in [0.2, 0.25) is 0 Å². The minimum Gasteiger partial charge on any atom is -0.484 e. The van der Waals surface area contributed by atoms with Crippen LogP contribution in [0.3, 0.4) is 0 Å². The molecule has 4 nitrogen and oxygen atoms in total. The Morgan fingerprint density at radius 1 is 1.08 bits per heavy atom. The van der Waals surface area contributed by atoms with Crippen LogP contribution in [0.5, 0.6) is 5.75 Å². The zero-order chi connectivity index (χ0) is 17.8. The predicted molar refractivity (Wildman–Crippen MR) is 104 cm³/mol. The summed E-state index contributed by atoms with van der Waals surface area (Å²) in [5.41, 5.74) is 3.90. The normalized spacial score (nSPS) is 14.5. The molecule has 0 aromatic heterocycles. The highest BCUT2D eigenvalue weighted by Gasteiger charge is 2.22. The SMILES string of the molecule is Cc1cccc(N2CCN(C(=O)COc3cccc(Br)c3)CC2)c1C. The van der Waals surface area contributed by atoms with E-state index in [4.69, 9.17) is 4.74 Å². The van der Waals surface area contributed by atoms with Gasteiger partial charge in [0.25, 0.3) is 5.91 Å². The van der Waals surface area contributed by atoms with Crippen LogP contribution in [0.2, 0.25) is 0 Å². The van der Waals surface area contributed by atoms with E-state index in [1.54, 1.807) is 0 Å². The fourth-order valence-electron chi connectivity index (χ4n) is 3.07. The van der Waals surface area contributed by atoms with Gasteiger partial charge in [0, 0.05) is 36.3 Å². The smallest absolute Gasteiger partial charge is 0.260 e. The summed E-state index contributed by atoms with van der Waals surface area (Å²) in [4.78, 5) is 16.6. The molecule has 0 spiro atoms. The second-order valence-corrected chi connectivity index (χ2v) is 7.25. The molecule has 2 aromatic carbocycles. The van der Waals surface area contributed by atoms with Crippen LogP contribution in [0.15, 0.2) is 46.9 Å². The molecule has 0 radical (unpaired) electrons. The molecule has 2 aromatic rings. The number of ether oxygens (including phenoxy) is 1. The third-order valence-corrected chi connectivity index (χ3v) is 5.20. The zero-order valence-electron chi connectivity index (χ0n) is 14.7. The van der Waals surface area contributed by atoms with Gasteiger partial charge in [-0.3, -0.25) is 4.79 Å². The van der Waals surface area contributed by atoms with Crippen molar-refractivity contribution in [3.8, 4) is 5.75 Å². The molecular weight excluding hydrogens is 380 g/mol. The Morgan fingerprint density at radius 2 is 1.80 bits per heavy atom. The maximum Gasteiger partial charge on any atom is 0.260 e. The third-order valence-electron chi connectivity index (χ3n) is 4.71. The van der Waals surface area contributed by atoms with Crippen molar-refractivity contribution in [1.29, 1.82) is 0 Å². The quantitative estimate of drug-likeness (QED) is 0.779. The van der Waals surface area contributed by atoms with Crippen LogP contribution in [0.25, 0.3) is 0 Å². The van der Waals surface area contributed by atoms with Crippen molar-refractivity contribution in [2.24, 2.45) is 0 Å². The Labute approximate surface area is 157 Å². The van der Waals surface area contributed by atoms with Crippen molar-refractivity contribution >= 4 is 27.5 Å². The van der Waals surface area contributed by atoms with Crippen LogP contribution >= 0.6 is 15.9 Å². The molecule has 3 rings (SSSR count). The number of nitrogens with zero attached hydrogens (tertiary/aromatic N) is 2. The van der Waals surface area contributed by atoms with E-state index >= 15 is 0 Å². The number of piperazine rings is 1. The summed E-state index contributed by atoms with van der Waals surface area (Å²) >= 11 is 3.40. The van der Waals surface area contributed by atoms with Crippen LogP contribution < -0.4 is 9.64 Å². The van der Waals surface area contributed by atoms with Crippen LogP contribution in [0.1, 0.15) is 11.1 Å². The molecule has 1 heterocycles. The maximum absolute atomic E-state index is 12.4. The van der Waals surface area contributed by atoms with Crippen molar-refractivity contribution in [3.63, 3.8) is 0 Å². The van der Waals surface area contributed by atoms with Gasteiger partial charge in [-0.25, -0.2) is 0 Å². The van der Waals surface area contributed by atoms with Gasteiger partial charge in [-0.1, -0.05) is 34.1 Å². The summed E-state index contributed by atoms with van der Waals surface area (Å²) in [7, 11) is 0. The van der Waals surface area contributed by atoms with Crippen LogP contribution in [-0.2, 0) is 4.79 Å². The van der Waals surface area contributed by atoms with Crippen LogP contribution in [0.4, 0.5) is 5.69 Å². The average molecular weight is 403 g/mol. The summed E-state index contributed by atoms with van der Waals surface area (Å²) in [5.74, 6) is 0.748. The van der Waals surface area contributed by atoms with Crippen molar-refractivity contribution in [1.82, 2.24) is 4.90 Å². The van der Waals surface area contributed by atoms with Gasteiger partial charge in [-0.15, -0.1) is 0 Å². The Morgan fingerprint density at radius 3 is 2.52 bits per heavy atom. The highest BCUT2D eigenvalue weighted by atomic mass is 79.9. The largest absolute Gasteiger partial charge is 0.484 e. The van der Waals surface area contributed by atoms with Crippen molar-refractivity contribution in [3.05, 3.63) is 58.1 Å². The second-order valence-electron chi connectivity index (χ2n) is 6.33. The van der Waals surface area contributed by atoms with Crippen molar-refractivity contribution in [2.45, 2.75) is 13.8 Å². The summed E-state index contributed by atoms with van der Waals surface area (Å²) in [6, 6.07) is 13.9. The number of benzene rings is 2. The first-order valence-electron chi connectivity index (χ1n) is 8.52. The third kappa shape index (κ3) is 4.34. The number of anilines is 1. The molecule has 1 fully saturated rings. The lowest BCUT2D eigenvalue weighted by molar-refractivity contribution is -0.133. The summed E-state index contributed by atoms with van der Waals surface area (Å²) in [6.07, 6.45) is 0. The average Bonchev–Trinajstić information content (AvgIpc) is 2.62. The molecule has 0 aliphatic carbocycles. The zero-order valence-corrected chi connectivity index (χ0v) is 16.3. The number of carbonyl (C=O) groups is 1. The maximum atomic E-state index is 12.4. The van der Waals surface area contributed by atoms with Crippen LogP contribution in [0, 0.1) is 13.8 Å². The molecule has 0 atom stereocenters. The minimum absolute atomic E-state index is 0.0422. The van der Waals surface area contributed by atoms with Gasteiger partial charge in [-0.2, -0.15) is 0 Å². The molecule has 0 bridgehead atoms. The van der Waals surface area contributed by atoms with E-state index < -0.39 is 0 Å². The van der Waals surface area contributed by atoms with E-state index in [0.717, 1.165) is 30.7 Å². The highest BCUT2D eigenvalue weighted by molar-refractivity contribution is 9.10. The first-order chi connectivity index (χ1) is 12.0.